The molecule has 0 spiro atoms. The van der Waals surface area contributed by atoms with Crippen LogP contribution in [-0.2, 0) is 10.0 Å². The maximum Gasteiger partial charge on any atom is 0.242 e. The highest BCUT2D eigenvalue weighted by molar-refractivity contribution is 7.89. The third-order valence-electron chi connectivity index (χ3n) is 2.33. The zero-order valence-electron chi connectivity index (χ0n) is 10.2. The minimum absolute atomic E-state index is 0.00441. The number of hydrogen-bond acceptors (Lipinski definition) is 5. The smallest absolute Gasteiger partial charge is 0.242 e. The molecule has 0 unspecified atom stereocenters. The number of pyridine rings is 1. The molecule has 0 radical (unpaired) electrons. The van der Waals surface area contributed by atoms with Gasteiger partial charge in [-0.2, -0.15) is 5.26 Å². The Morgan fingerprint density at radius 3 is 2.61 bits per heavy atom. The van der Waals surface area contributed by atoms with Crippen LogP contribution in [0.25, 0.3) is 0 Å². The molecule has 0 aliphatic rings. The monoisotopic (exact) mass is 269 g/mol. The van der Waals surface area contributed by atoms with E-state index >= 15 is 0 Å². The van der Waals surface area contributed by atoms with E-state index in [0.29, 0.717) is 0 Å². The summed E-state index contributed by atoms with van der Waals surface area (Å²) < 4.78 is 26.2. The van der Waals surface area contributed by atoms with Gasteiger partial charge in [0.25, 0.3) is 0 Å². The van der Waals surface area contributed by atoms with Gasteiger partial charge in [0, 0.05) is 24.8 Å². The quantitative estimate of drug-likeness (QED) is 0.797. The first-order valence-electron chi connectivity index (χ1n) is 5.27. The third kappa shape index (κ3) is 3.77. The van der Waals surface area contributed by atoms with Gasteiger partial charge in [-0.15, -0.1) is 0 Å². The second-order valence-electron chi connectivity index (χ2n) is 4.64. The van der Waals surface area contributed by atoms with Crippen LogP contribution in [0.1, 0.15) is 19.5 Å². The summed E-state index contributed by atoms with van der Waals surface area (Å²) in [6.45, 7) is 3.48. The number of nitrogens with zero attached hydrogens (tertiary/aromatic N) is 2. The van der Waals surface area contributed by atoms with Gasteiger partial charge in [0.1, 0.15) is 16.7 Å². The molecule has 0 saturated heterocycles. The molecule has 0 saturated carbocycles. The number of nitrogens with one attached hydrogen (secondary N) is 1. The number of aromatic nitrogens is 1. The predicted molar refractivity (Wildman–Crippen MR) is 65.0 cm³/mol. The zero-order valence-corrected chi connectivity index (χ0v) is 11.0. The Hall–Kier alpha value is -1.49. The Morgan fingerprint density at radius 1 is 1.50 bits per heavy atom. The van der Waals surface area contributed by atoms with Gasteiger partial charge in [0.2, 0.25) is 10.0 Å². The van der Waals surface area contributed by atoms with Crippen molar-refractivity contribution in [2.75, 3.05) is 13.2 Å². The van der Waals surface area contributed by atoms with Gasteiger partial charge in [0.05, 0.1) is 0 Å². The number of sulfonamides is 1. The van der Waals surface area contributed by atoms with Crippen LogP contribution in [0, 0.1) is 16.7 Å². The van der Waals surface area contributed by atoms with Gasteiger partial charge < -0.3 is 5.11 Å². The van der Waals surface area contributed by atoms with Gasteiger partial charge in [-0.3, -0.25) is 0 Å². The molecule has 1 aromatic heterocycles. The molecule has 7 heteroatoms. The number of nitriles is 1. The highest BCUT2D eigenvalue weighted by atomic mass is 32.2. The minimum Gasteiger partial charge on any atom is -0.396 e. The summed E-state index contributed by atoms with van der Waals surface area (Å²) >= 11 is 0. The largest absolute Gasteiger partial charge is 0.396 e. The van der Waals surface area contributed by atoms with Crippen molar-refractivity contribution in [1.82, 2.24) is 9.71 Å². The summed E-state index contributed by atoms with van der Waals surface area (Å²) in [6.07, 6.45) is 1.13. The average molecular weight is 269 g/mol. The van der Waals surface area contributed by atoms with E-state index in [-0.39, 0.29) is 23.7 Å². The van der Waals surface area contributed by atoms with Gasteiger partial charge in [-0.25, -0.2) is 18.1 Å². The van der Waals surface area contributed by atoms with E-state index < -0.39 is 15.4 Å². The van der Waals surface area contributed by atoms with E-state index in [4.69, 9.17) is 10.4 Å². The topological polar surface area (TPSA) is 103 Å². The lowest BCUT2D eigenvalue weighted by molar-refractivity contribution is 0.163. The van der Waals surface area contributed by atoms with Crippen LogP contribution in [0.15, 0.2) is 23.2 Å². The molecular formula is C11H15N3O3S. The van der Waals surface area contributed by atoms with Gasteiger partial charge >= 0.3 is 0 Å². The number of rotatable bonds is 5. The first-order chi connectivity index (χ1) is 8.30. The SMILES string of the molecule is CC(C)(CO)CNS(=O)(=O)c1ccc(C#N)nc1. The standard InChI is InChI=1S/C11H15N3O3S/c1-11(2,8-15)7-14-18(16,17)10-4-3-9(5-12)13-6-10/h3-4,6,14-15H,7-8H2,1-2H3. The Morgan fingerprint density at radius 2 is 2.17 bits per heavy atom. The van der Waals surface area contributed by atoms with Crippen molar-refractivity contribution in [3.63, 3.8) is 0 Å². The lowest BCUT2D eigenvalue weighted by Crippen LogP contribution is -2.36. The van der Waals surface area contributed by atoms with E-state index in [9.17, 15) is 8.42 Å². The summed E-state index contributed by atoms with van der Waals surface area (Å²) in [6, 6.07) is 4.47. The minimum atomic E-state index is -3.66. The molecule has 18 heavy (non-hydrogen) atoms. The van der Waals surface area contributed by atoms with Crippen LogP contribution in [0.5, 0.6) is 0 Å². The first kappa shape index (κ1) is 14.6. The Kier molecular flexibility index (Phi) is 4.40. The van der Waals surface area contributed by atoms with Crippen molar-refractivity contribution in [1.29, 1.82) is 5.26 Å². The second kappa shape index (κ2) is 5.44. The van der Waals surface area contributed by atoms with E-state index in [2.05, 4.69) is 9.71 Å². The number of hydrogen-bond donors (Lipinski definition) is 2. The third-order valence-corrected chi connectivity index (χ3v) is 3.72. The fourth-order valence-electron chi connectivity index (χ4n) is 1.04. The van der Waals surface area contributed by atoms with Crippen LogP contribution in [0.2, 0.25) is 0 Å². The Bertz CT molecular complexity index is 544. The van der Waals surface area contributed by atoms with Gasteiger partial charge in [0.15, 0.2) is 0 Å². The maximum absolute atomic E-state index is 11.9. The average Bonchev–Trinajstić information content (AvgIpc) is 2.37. The molecule has 1 aromatic rings. The van der Waals surface area contributed by atoms with E-state index in [1.807, 2.05) is 6.07 Å². The van der Waals surface area contributed by atoms with Crippen LogP contribution in [-0.4, -0.2) is 31.7 Å². The summed E-state index contributed by atoms with van der Waals surface area (Å²) in [7, 11) is -3.66. The number of aliphatic hydroxyl groups is 1. The molecule has 0 aromatic carbocycles. The maximum atomic E-state index is 11.9. The highest BCUT2D eigenvalue weighted by Gasteiger charge is 2.21. The van der Waals surface area contributed by atoms with Crippen molar-refractivity contribution in [2.45, 2.75) is 18.7 Å². The zero-order chi connectivity index (χ0) is 13.8. The molecule has 0 bridgehead atoms. The van der Waals surface area contributed by atoms with Crippen molar-refractivity contribution in [2.24, 2.45) is 5.41 Å². The van der Waals surface area contributed by atoms with Crippen LogP contribution >= 0.6 is 0 Å². The van der Waals surface area contributed by atoms with Crippen molar-refractivity contribution >= 4 is 10.0 Å². The lowest BCUT2D eigenvalue weighted by Gasteiger charge is -2.21. The molecule has 0 atom stereocenters. The molecule has 0 aliphatic heterocycles. The van der Waals surface area contributed by atoms with E-state index in [1.165, 1.54) is 12.1 Å². The molecule has 0 aliphatic carbocycles. The number of aliphatic hydroxyl groups excluding tert-OH is 1. The van der Waals surface area contributed by atoms with Crippen molar-refractivity contribution in [3.8, 4) is 6.07 Å². The molecule has 0 amide bonds. The summed E-state index contributed by atoms with van der Waals surface area (Å²) in [5.74, 6) is 0. The lowest BCUT2D eigenvalue weighted by atomic mass is 9.96. The molecular weight excluding hydrogens is 254 g/mol. The van der Waals surface area contributed by atoms with E-state index in [1.54, 1.807) is 13.8 Å². The second-order valence-corrected chi connectivity index (χ2v) is 6.40. The molecule has 0 fully saturated rings. The van der Waals surface area contributed by atoms with Crippen molar-refractivity contribution < 1.29 is 13.5 Å². The van der Waals surface area contributed by atoms with Gasteiger partial charge in [-0.1, -0.05) is 13.8 Å². The molecule has 98 valence electrons. The summed E-state index contributed by atoms with van der Waals surface area (Å²) in [5.41, 5.74) is -0.378. The summed E-state index contributed by atoms with van der Waals surface area (Å²) in [5, 5.41) is 17.6. The molecule has 1 rings (SSSR count). The van der Waals surface area contributed by atoms with Crippen molar-refractivity contribution in [3.05, 3.63) is 24.0 Å². The van der Waals surface area contributed by atoms with Gasteiger partial charge in [-0.05, 0) is 12.1 Å². The van der Waals surface area contributed by atoms with Crippen LogP contribution < -0.4 is 4.72 Å². The predicted octanol–water partition coefficient (Wildman–Crippen LogP) is 0.250. The van der Waals surface area contributed by atoms with Crippen LogP contribution in [0.4, 0.5) is 0 Å². The fraction of sp³-hybridized carbons (Fsp3) is 0.455. The Labute approximate surface area is 106 Å². The van der Waals surface area contributed by atoms with Crippen LogP contribution in [0.3, 0.4) is 0 Å². The highest BCUT2D eigenvalue weighted by Crippen LogP contribution is 2.14. The molecule has 2 N–H and O–H groups in total. The Balaban J connectivity index is 2.84. The molecule has 6 nitrogen and oxygen atoms in total. The summed E-state index contributed by atoms with van der Waals surface area (Å²) in [4.78, 5) is 3.69. The normalized spacial score (nSPS) is 12.1. The first-order valence-corrected chi connectivity index (χ1v) is 6.76. The van der Waals surface area contributed by atoms with E-state index in [0.717, 1.165) is 6.20 Å². The fourth-order valence-corrected chi connectivity index (χ4v) is 2.22. The molecule has 1 heterocycles.